The molecule has 0 aliphatic heterocycles. The maximum absolute atomic E-state index is 4.60. The van der Waals surface area contributed by atoms with Crippen LogP contribution in [0.25, 0.3) is 0 Å². The zero-order valence-corrected chi connectivity index (χ0v) is 13.8. The van der Waals surface area contributed by atoms with Gasteiger partial charge in [0.25, 0.3) is 0 Å². The Morgan fingerprint density at radius 2 is 2.21 bits per heavy atom. The Bertz CT molecular complexity index is 359. The number of aryl methyl sites for hydroxylation is 1. The van der Waals surface area contributed by atoms with Crippen molar-refractivity contribution in [1.82, 2.24) is 10.3 Å². The highest BCUT2D eigenvalue weighted by atomic mass is 32.2. The number of rotatable bonds is 7. The maximum Gasteiger partial charge on any atom is 0.0943 e. The number of hydrogen-bond acceptors (Lipinski definition) is 4. The average Bonchev–Trinajstić information content (AvgIpc) is 2.83. The molecule has 1 atom stereocenters. The van der Waals surface area contributed by atoms with Crippen molar-refractivity contribution in [3.05, 3.63) is 16.1 Å². The van der Waals surface area contributed by atoms with E-state index in [-0.39, 0.29) is 0 Å². The highest BCUT2D eigenvalue weighted by molar-refractivity contribution is 7.99. The molecule has 1 saturated carbocycles. The number of nitrogens with one attached hydrogen (secondary N) is 1. The summed E-state index contributed by atoms with van der Waals surface area (Å²) in [6.07, 6.45) is 8.28. The Kier molecular flexibility index (Phi) is 6.68. The molecule has 108 valence electrons. The van der Waals surface area contributed by atoms with Crippen molar-refractivity contribution in [2.24, 2.45) is 0 Å². The van der Waals surface area contributed by atoms with E-state index in [9.17, 15) is 0 Å². The molecule has 1 aromatic heterocycles. The fourth-order valence-corrected chi connectivity index (χ4v) is 4.93. The van der Waals surface area contributed by atoms with E-state index >= 15 is 0 Å². The van der Waals surface area contributed by atoms with Gasteiger partial charge in [0, 0.05) is 34.5 Å². The van der Waals surface area contributed by atoms with Crippen LogP contribution in [0.2, 0.25) is 0 Å². The van der Waals surface area contributed by atoms with Crippen molar-refractivity contribution >= 4 is 23.1 Å². The van der Waals surface area contributed by atoms with Crippen LogP contribution in [0.4, 0.5) is 0 Å². The molecule has 0 radical (unpaired) electrons. The van der Waals surface area contributed by atoms with Gasteiger partial charge in [-0.2, -0.15) is 11.8 Å². The SMILES string of the molecule is CCNC(CSC1CCCCC1)Cc1nc(C)cs1. The van der Waals surface area contributed by atoms with E-state index in [1.54, 1.807) is 11.3 Å². The summed E-state index contributed by atoms with van der Waals surface area (Å²) in [5.41, 5.74) is 1.16. The fourth-order valence-electron chi connectivity index (χ4n) is 2.67. The Morgan fingerprint density at radius 1 is 1.42 bits per heavy atom. The monoisotopic (exact) mass is 298 g/mol. The average molecular weight is 299 g/mol. The van der Waals surface area contributed by atoms with Crippen LogP contribution in [-0.4, -0.2) is 28.6 Å². The molecule has 1 aliphatic carbocycles. The van der Waals surface area contributed by atoms with Gasteiger partial charge in [-0.1, -0.05) is 26.2 Å². The van der Waals surface area contributed by atoms with Crippen LogP contribution >= 0.6 is 23.1 Å². The molecule has 0 saturated heterocycles. The Hall–Kier alpha value is -0.0600. The summed E-state index contributed by atoms with van der Waals surface area (Å²) in [4.78, 5) is 4.60. The molecule has 0 bridgehead atoms. The highest BCUT2D eigenvalue weighted by Gasteiger charge is 2.17. The summed E-state index contributed by atoms with van der Waals surface area (Å²) in [7, 11) is 0. The summed E-state index contributed by atoms with van der Waals surface area (Å²) >= 11 is 3.99. The number of thioether (sulfide) groups is 1. The van der Waals surface area contributed by atoms with E-state index in [0.29, 0.717) is 6.04 Å². The number of likely N-dealkylation sites (N-methyl/N-ethyl adjacent to an activating group) is 1. The van der Waals surface area contributed by atoms with Gasteiger partial charge in [0.05, 0.1) is 5.01 Å². The summed E-state index contributed by atoms with van der Waals surface area (Å²) < 4.78 is 0. The Balaban J connectivity index is 1.78. The molecule has 0 aromatic carbocycles. The van der Waals surface area contributed by atoms with Crippen LogP contribution in [-0.2, 0) is 6.42 Å². The summed E-state index contributed by atoms with van der Waals surface area (Å²) in [5, 5.41) is 7.98. The molecular formula is C15H26N2S2. The summed E-state index contributed by atoms with van der Waals surface area (Å²) in [6.45, 7) is 5.34. The smallest absolute Gasteiger partial charge is 0.0943 e. The second-order valence-electron chi connectivity index (χ2n) is 5.43. The van der Waals surface area contributed by atoms with E-state index in [4.69, 9.17) is 0 Å². The molecular weight excluding hydrogens is 272 g/mol. The molecule has 1 heterocycles. The molecule has 2 rings (SSSR count). The van der Waals surface area contributed by atoms with Gasteiger partial charge in [0.2, 0.25) is 0 Å². The molecule has 1 fully saturated rings. The molecule has 1 N–H and O–H groups in total. The number of hydrogen-bond donors (Lipinski definition) is 1. The molecule has 4 heteroatoms. The highest BCUT2D eigenvalue weighted by Crippen LogP contribution is 2.29. The Labute approximate surface area is 125 Å². The minimum atomic E-state index is 0.586. The van der Waals surface area contributed by atoms with E-state index in [0.717, 1.165) is 23.9 Å². The standard InChI is InChI=1S/C15H26N2S2/c1-3-16-13(9-15-17-12(2)10-19-15)11-18-14-7-5-4-6-8-14/h10,13-14,16H,3-9,11H2,1-2H3. The van der Waals surface area contributed by atoms with E-state index in [1.165, 1.54) is 42.9 Å². The third-order valence-corrected chi connectivity index (χ3v) is 6.19. The van der Waals surface area contributed by atoms with E-state index in [1.807, 2.05) is 0 Å². The van der Waals surface area contributed by atoms with Crippen LogP contribution in [0.15, 0.2) is 5.38 Å². The lowest BCUT2D eigenvalue weighted by molar-refractivity contribution is 0.513. The summed E-state index contributed by atoms with van der Waals surface area (Å²) in [6, 6.07) is 0.586. The quantitative estimate of drug-likeness (QED) is 0.822. The van der Waals surface area contributed by atoms with Crippen LogP contribution in [0.1, 0.15) is 49.7 Å². The third kappa shape index (κ3) is 5.44. The van der Waals surface area contributed by atoms with Gasteiger partial charge in [-0.15, -0.1) is 11.3 Å². The molecule has 1 unspecified atom stereocenters. The molecule has 2 nitrogen and oxygen atoms in total. The van der Waals surface area contributed by atoms with Crippen molar-refractivity contribution in [2.45, 2.75) is 63.7 Å². The van der Waals surface area contributed by atoms with Gasteiger partial charge in [0.1, 0.15) is 0 Å². The largest absolute Gasteiger partial charge is 0.313 e. The predicted octanol–water partition coefficient (Wildman–Crippen LogP) is 4.04. The maximum atomic E-state index is 4.60. The molecule has 19 heavy (non-hydrogen) atoms. The zero-order chi connectivity index (χ0) is 13.5. The van der Waals surface area contributed by atoms with E-state index < -0.39 is 0 Å². The first-order valence-corrected chi connectivity index (χ1v) is 9.46. The first-order chi connectivity index (χ1) is 9.28. The molecule has 1 aliphatic rings. The van der Waals surface area contributed by atoms with Gasteiger partial charge in [-0.3, -0.25) is 0 Å². The van der Waals surface area contributed by atoms with Crippen LogP contribution in [0.5, 0.6) is 0 Å². The zero-order valence-electron chi connectivity index (χ0n) is 12.2. The predicted molar refractivity (Wildman–Crippen MR) is 87.4 cm³/mol. The lowest BCUT2D eigenvalue weighted by atomic mass is 10.0. The first-order valence-electron chi connectivity index (χ1n) is 7.54. The van der Waals surface area contributed by atoms with Gasteiger partial charge in [-0.05, 0) is 26.3 Å². The summed E-state index contributed by atoms with van der Waals surface area (Å²) in [5.74, 6) is 1.23. The fraction of sp³-hybridized carbons (Fsp3) is 0.800. The van der Waals surface area contributed by atoms with Gasteiger partial charge < -0.3 is 5.32 Å². The number of aromatic nitrogens is 1. The minimum Gasteiger partial charge on any atom is -0.313 e. The lowest BCUT2D eigenvalue weighted by Crippen LogP contribution is -2.34. The Morgan fingerprint density at radius 3 is 2.84 bits per heavy atom. The topological polar surface area (TPSA) is 24.9 Å². The van der Waals surface area contributed by atoms with E-state index in [2.05, 4.69) is 41.3 Å². The van der Waals surface area contributed by atoms with Crippen molar-refractivity contribution in [1.29, 1.82) is 0 Å². The number of thiazole rings is 1. The van der Waals surface area contributed by atoms with Crippen molar-refractivity contribution < 1.29 is 0 Å². The van der Waals surface area contributed by atoms with Crippen LogP contribution in [0, 0.1) is 6.92 Å². The molecule has 0 amide bonds. The third-order valence-electron chi connectivity index (χ3n) is 3.67. The first kappa shape index (κ1) is 15.3. The van der Waals surface area contributed by atoms with Gasteiger partial charge in [-0.25, -0.2) is 4.98 Å². The lowest BCUT2D eigenvalue weighted by Gasteiger charge is -2.24. The normalized spacial score (nSPS) is 18.6. The number of nitrogens with zero attached hydrogens (tertiary/aromatic N) is 1. The second kappa shape index (κ2) is 8.28. The van der Waals surface area contributed by atoms with Crippen molar-refractivity contribution in [3.8, 4) is 0 Å². The molecule has 0 spiro atoms. The minimum absolute atomic E-state index is 0.586. The van der Waals surface area contributed by atoms with Crippen molar-refractivity contribution in [2.75, 3.05) is 12.3 Å². The second-order valence-corrected chi connectivity index (χ2v) is 7.71. The van der Waals surface area contributed by atoms with Crippen LogP contribution < -0.4 is 5.32 Å². The van der Waals surface area contributed by atoms with Gasteiger partial charge in [0.15, 0.2) is 0 Å². The molecule has 1 aromatic rings. The van der Waals surface area contributed by atoms with Crippen LogP contribution in [0.3, 0.4) is 0 Å². The van der Waals surface area contributed by atoms with Crippen molar-refractivity contribution in [3.63, 3.8) is 0 Å². The van der Waals surface area contributed by atoms with Gasteiger partial charge >= 0.3 is 0 Å².